The SMILES string of the molecule is CCC(O)CSC(SC)=C1c2ccccc2N(c2ccccc2)c2ccccc21.CCOC(=O)CSC(SC)=C1c2ccccc2N(c2ccccc2)c2ccccc21.COc1ccc(CN2c3ccccc3C(=C(SC)SC)c3ccccc32)cc1.CSC(SCCCI)=C1c2ccccc2N(c2ccccc2)c2ccccc21.OC1CSC(=C2c3ccccc3N(c3ccccc3)c3ccccc32)SC1. The average molecular weight is 2160 g/mol. The van der Waals surface area contributed by atoms with Crippen molar-refractivity contribution in [3.05, 3.63) is 471 Å². The summed E-state index contributed by atoms with van der Waals surface area (Å²) in [6.45, 7) is 5.09. The second-order valence-electron chi connectivity index (χ2n) is 33.3. The number of carbonyl (C=O) groups excluding carboxylic acids is 1. The number of hydrogen-bond acceptors (Lipinski definition) is 20. The minimum absolute atomic E-state index is 0.182. The van der Waals surface area contributed by atoms with E-state index >= 15 is 0 Å². The van der Waals surface area contributed by atoms with Crippen LogP contribution in [0.5, 0.6) is 5.75 Å². The van der Waals surface area contributed by atoms with Gasteiger partial charge in [-0.3, -0.25) is 4.79 Å². The minimum Gasteiger partial charge on any atom is -0.497 e. The fourth-order valence-corrected chi connectivity index (χ4v) is 29.0. The Morgan fingerprint density at radius 3 is 0.958 bits per heavy atom. The Morgan fingerprint density at radius 2 is 0.648 bits per heavy atom. The largest absolute Gasteiger partial charge is 0.497 e. The van der Waals surface area contributed by atoms with E-state index in [1.165, 1.54) is 174 Å². The van der Waals surface area contributed by atoms with Crippen LogP contribution in [0.4, 0.5) is 79.6 Å². The van der Waals surface area contributed by atoms with Gasteiger partial charge in [-0.1, -0.05) is 296 Å². The molecule has 6 aliphatic rings. The number of ether oxygens (including phenoxy) is 2. The van der Waals surface area contributed by atoms with Crippen LogP contribution in [0.1, 0.15) is 87.9 Å². The van der Waals surface area contributed by atoms with Gasteiger partial charge in [0.05, 0.1) is 77.2 Å². The highest BCUT2D eigenvalue weighted by Crippen LogP contribution is 2.59. The molecule has 15 aromatic carbocycles. The second kappa shape index (κ2) is 50.8. The number of fused-ring (bicyclic) bond motifs is 10. The van der Waals surface area contributed by atoms with Gasteiger partial charge < -0.3 is 44.2 Å². The molecule has 0 radical (unpaired) electrons. The highest BCUT2D eigenvalue weighted by Gasteiger charge is 2.37. The number of carbonyl (C=O) groups is 1. The molecule has 142 heavy (non-hydrogen) atoms. The monoisotopic (exact) mass is 2160 g/mol. The molecular formula is C121H112IN5O5S10. The summed E-state index contributed by atoms with van der Waals surface area (Å²) in [7, 11) is 1.70. The molecule has 718 valence electrons. The third-order valence-corrected chi connectivity index (χ3v) is 37.3. The van der Waals surface area contributed by atoms with Crippen molar-refractivity contribution in [1.82, 2.24) is 0 Å². The van der Waals surface area contributed by atoms with E-state index in [0.717, 1.165) is 63.0 Å². The van der Waals surface area contributed by atoms with E-state index < -0.39 is 0 Å². The number of methoxy groups -OCH3 is 1. The van der Waals surface area contributed by atoms with Gasteiger partial charge >= 0.3 is 5.97 Å². The second-order valence-corrected chi connectivity index (χ2v) is 44.9. The highest BCUT2D eigenvalue weighted by atomic mass is 127. The summed E-state index contributed by atoms with van der Waals surface area (Å²) in [6.07, 6.45) is 12.2. The van der Waals surface area contributed by atoms with Crippen molar-refractivity contribution < 1.29 is 24.5 Å². The predicted octanol–water partition coefficient (Wildman–Crippen LogP) is 34.8. The van der Waals surface area contributed by atoms with Crippen LogP contribution in [0.2, 0.25) is 0 Å². The Balaban J connectivity index is 0.000000122. The molecular weight excluding hydrogens is 2050 g/mol. The first-order valence-electron chi connectivity index (χ1n) is 47.3. The van der Waals surface area contributed by atoms with Gasteiger partial charge in [0.2, 0.25) is 0 Å². The van der Waals surface area contributed by atoms with E-state index in [0.29, 0.717) is 18.1 Å². The van der Waals surface area contributed by atoms with Crippen molar-refractivity contribution in [3.63, 3.8) is 0 Å². The molecule has 2 N–H and O–H groups in total. The van der Waals surface area contributed by atoms with Crippen molar-refractivity contribution in [1.29, 1.82) is 0 Å². The zero-order chi connectivity index (χ0) is 98.2. The van der Waals surface area contributed by atoms with Crippen LogP contribution >= 0.6 is 140 Å². The minimum atomic E-state index is -0.280. The van der Waals surface area contributed by atoms with Gasteiger partial charge in [0.15, 0.2) is 0 Å². The summed E-state index contributed by atoms with van der Waals surface area (Å²) in [5, 5.41) is 20.1. The molecule has 1 atom stereocenters. The highest BCUT2D eigenvalue weighted by molar-refractivity contribution is 14.1. The van der Waals surface area contributed by atoms with E-state index in [1.54, 1.807) is 77.7 Å². The molecule has 0 amide bonds. The normalized spacial score (nSPS) is 13.9. The summed E-state index contributed by atoms with van der Waals surface area (Å²) in [5.74, 6) is 4.41. The zero-order valence-corrected chi connectivity index (χ0v) is 90.8. The van der Waals surface area contributed by atoms with Crippen LogP contribution < -0.4 is 29.2 Å². The standard InChI is InChI=1S/C25H23NO2S2.C25H25NOS2.C24H22INS2.C24H23NOS2.C23H19NOS2/c1-3-28-23(27)17-30-25(29-2)24-19-13-7-9-15-21(19)26(18-11-5-4-6-12-18)22-16-10-8-14-20(22)24;1-3-19(27)17-29-25(28-2)24-20-13-7-9-15-22(20)26(18-11-5-4-6-12-18)23-16-10-8-14-21(23)24;1-27-24(28-17-9-16-25)23-19-12-5-7-14-21(19)26(18-10-3-2-4-11-18)22-15-8-6-13-20(22)23;1-26-18-14-12-17(13-15-18)16-25-21-10-6-4-8-19(21)23(24(27-2)28-3)20-9-5-7-11-22(20)25;25-17-14-26-23(27-15-17)22-18-10-4-6-12-20(18)24(16-8-2-1-3-9-16)21-13-7-5-11-19(21)22/h4-16H,3,17H2,1-2H3;4-16,19,27H,3,17H2,1-2H3;2-8,10-15H,9,16-17H2,1H3;4-15H,16H2,1-3H3;1-13,17,25H,14-15H2. The lowest BCUT2D eigenvalue weighted by molar-refractivity contribution is -0.139. The molecule has 6 aliphatic heterocycles. The summed E-state index contributed by atoms with van der Waals surface area (Å²) in [6, 6.07) is 137. The number of aliphatic hydroxyl groups is 2. The number of anilines is 14. The third-order valence-electron chi connectivity index (χ3n) is 24.6. The molecule has 6 heterocycles. The molecule has 15 aromatic rings. The summed E-state index contributed by atoms with van der Waals surface area (Å²) < 4.78 is 18.1. The fraction of sp³-hybridized carbons (Fsp3) is 0.165. The van der Waals surface area contributed by atoms with Crippen LogP contribution in [0.25, 0.3) is 27.9 Å². The Hall–Kier alpha value is -10.6. The molecule has 10 nitrogen and oxygen atoms in total. The lowest BCUT2D eigenvalue weighted by atomic mass is 9.91. The molecule has 0 aliphatic carbocycles. The molecule has 0 saturated carbocycles. The van der Waals surface area contributed by atoms with Crippen molar-refractivity contribution in [2.75, 3.05) is 103 Å². The maximum absolute atomic E-state index is 12.0. The number of hydrogen-bond donors (Lipinski definition) is 2. The van der Waals surface area contributed by atoms with E-state index in [9.17, 15) is 15.0 Å². The Kier molecular flexibility index (Phi) is 36.8. The smallest absolute Gasteiger partial charge is 0.316 e. The fourth-order valence-electron chi connectivity index (χ4n) is 18.3. The van der Waals surface area contributed by atoms with Gasteiger partial charge in [0.25, 0.3) is 0 Å². The van der Waals surface area contributed by atoms with Crippen LogP contribution in [0.15, 0.2) is 409 Å². The average Bonchev–Trinajstić information content (AvgIpc) is 0.773. The number of halogens is 1. The van der Waals surface area contributed by atoms with Crippen molar-refractivity contribution >= 4 is 254 Å². The topological polar surface area (TPSA) is 92.2 Å². The molecule has 21 rings (SSSR count). The quantitative estimate of drug-likeness (QED) is 0.0260. The van der Waals surface area contributed by atoms with Gasteiger partial charge in [-0.15, -0.1) is 118 Å². The van der Waals surface area contributed by atoms with Gasteiger partial charge in [0.1, 0.15) is 5.75 Å². The predicted molar refractivity (Wildman–Crippen MR) is 639 cm³/mol. The summed E-state index contributed by atoms with van der Waals surface area (Å²) in [4.78, 5) is 23.8. The third kappa shape index (κ3) is 23.2. The first-order chi connectivity index (χ1) is 69.9. The van der Waals surface area contributed by atoms with Crippen LogP contribution in [0, 0.1) is 0 Å². The Bertz CT molecular complexity index is 6790. The first-order valence-corrected chi connectivity index (χ1v) is 59.9. The zero-order valence-electron chi connectivity index (χ0n) is 80.5. The number of alkyl halides is 1. The number of benzene rings is 15. The summed E-state index contributed by atoms with van der Waals surface area (Å²) >= 11 is 20.3. The molecule has 1 unspecified atom stereocenters. The van der Waals surface area contributed by atoms with E-state index in [1.807, 2.05) is 79.1 Å². The van der Waals surface area contributed by atoms with Crippen molar-refractivity contribution in [2.45, 2.75) is 45.4 Å². The lowest BCUT2D eigenvalue weighted by Crippen LogP contribution is -2.22. The molecule has 1 saturated heterocycles. The number of para-hydroxylation sites is 14. The molecule has 1 fully saturated rings. The number of rotatable bonds is 24. The van der Waals surface area contributed by atoms with Gasteiger partial charge in [-0.2, -0.15) is 0 Å². The molecule has 0 spiro atoms. The van der Waals surface area contributed by atoms with Crippen LogP contribution in [-0.2, 0) is 16.1 Å². The van der Waals surface area contributed by atoms with Crippen LogP contribution in [-0.4, -0.2) is 107 Å². The number of aliphatic hydroxyl groups excluding tert-OH is 2. The maximum atomic E-state index is 12.0. The number of esters is 1. The van der Waals surface area contributed by atoms with Crippen molar-refractivity contribution in [2.24, 2.45) is 0 Å². The molecule has 0 aromatic heterocycles. The lowest BCUT2D eigenvalue weighted by Gasteiger charge is -2.36. The van der Waals surface area contributed by atoms with Gasteiger partial charge in [-0.05, 0) is 184 Å². The van der Waals surface area contributed by atoms with Crippen molar-refractivity contribution in [3.8, 4) is 5.75 Å². The Labute approximate surface area is 893 Å². The van der Waals surface area contributed by atoms with E-state index in [-0.39, 0.29) is 18.2 Å². The Morgan fingerprint density at radius 1 is 0.366 bits per heavy atom. The van der Waals surface area contributed by atoms with Crippen LogP contribution in [0.3, 0.4) is 0 Å². The molecule has 21 heteroatoms. The number of nitrogens with zero attached hydrogens (tertiary/aromatic N) is 5. The molecule has 0 bridgehead atoms. The van der Waals surface area contributed by atoms with E-state index in [2.05, 4.69) is 448 Å². The van der Waals surface area contributed by atoms with E-state index in [4.69, 9.17) is 9.47 Å². The maximum Gasteiger partial charge on any atom is 0.316 e. The van der Waals surface area contributed by atoms with Gasteiger partial charge in [0, 0.05) is 167 Å². The number of thioether (sulfide) groups is 10. The summed E-state index contributed by atoms with van der Waals surface area (Å²) in [5.41, 5.74) is 37.0. The first kappa shape index (κ1) is 103. The van der Waals surface area contributed by atoms with Gasteiger partial charge in [-0.25, -0.2) is 0 Å².